The number of nitrogens with one attached hydrogen (secondary N) is 1. The number of pyridine rings is 1. The SMILES string of the molecule is CC(C)n1cc(C(=O)N[C@H]2CC[C@@H](n3c(=O)c4cc(F)cnc4n(C4CCSCC4)c3=O)CC2)cn1. The Morgan fingerprint density at radius 3 is 2.42 bits per heavy atom. The monoisotopic (exact) mass is 514 g/mol. The van der Waals surface area contributed by atoms with Crippen molar-refractivity contribution in [1.29, 1.82) is 0 Å². The summed E-state index contributed by atoms with van der Waals surface area (Å²) in [7, 11) is 0. The maximum atomic E-state index is 14.1. The topological polar surface area (TPSA) is 104 Å². The predicted molar refractivity (Wildman–Crippen MR) is 137 cm³/mol. The molecular formula is C25H31FN6O3S. The van der Waals surface area contributed by atoms with E-state index in [9.17, 15) is 18.8 Å². The van der Waals surface area contributed by atoms with Crippen molar-refractivity contribution in [3.63, 3.8) is 0 Å². The quantitative estimate of drug-likeness (QED) is 0.559. The average molecular weight is 515 g/mol. The van der Waals surface area contributed by atoms with Crippen LogP contribution in [0, 0.1) is 5.82 Å². The van der Waals surface area contributed by atoms with Gasteiger partial charge in [0.15, 0.2) is 0 Å². The van der Waals surface area contributed by atoms with Gasteiger partial charge in [0.1, 0.15) is 11.5 Å². The minimum atomic E-state index is -0.595. The molecule has 1 amide bonds. The molecule has 3 aromatic rings. The Bertz CT molecular complexity index is 1380. The predicted octanol–water partition coefficient (Wildman–Crippen LogP) is 3.46. The van der Waals surface area contributed by atoms with E-state index in [0.717, 1.165) is 30.5 Å². The molecule has 0 atom stereocenters. The highest BCUT2D eigenvalue weighted by molar-refractivity contribution is 7.99. The lowest BCUT2D eigenvalue weighted by Gasteiger charge is -2.31. The van der Waals surface area contributed by atoms with E-state index in [1.165, 1.54) is 10.6 Å². The van der Waals surface area contributed by atoms with Crippen LogP contribution in [0.4, 0.5) is 4.39 Å². The van der Waals surface area contributed by atoms with Gasteiger partial charge in [-0.2, -0.15) is 16.9 Å². The Kier molecular flexibility index (Phi) is 7.00. The van der Waals surface area contributed by atoms with E-state index in [1.54, 1.807) is 21.6 Å². The van der Waals surface area contributed by atoms with Gasteiger partial charge in [0.25, 0.3) is 11.5 Å². The Morgan fingerprint density at radius 1 is 1.06 bits per heavy atom. The van der Waals surface area contributed by atoms with Gasteiger partial charge in [-0.3, -0.25) is 23.4 Å². The molecule has 1 aliphatic carbocycles. The molecule has 1 N–H and O–H groups in total. The first-order valence-corrected chi connectivity index (χ1v) is 13.7. The highest BCUT2D eigenvalue weighted by Gasteiger charge is 2.30. The number of fused-ring (bicyclic) bond motifs is 1. The number of hydrogen-bond acceptors (Lipinski definition) is 6. The molecule has 1 saturated heterocycles. The number of aromatic nitrogens is 5. The van der Waals surface area contributed by atoms with E-state index in [4.69, 9.17) is 0 Å². The minimum Gasteiger partial charge on any atom is -0.349 e. The standard InChI is InChI=1S/C25H31FN6O3S/c1-15(2)30-14-16(12-28-30)23(33)29-18-3-5-19(6-4-18)32-24(34)21-11-17(26)13-27-22(21)31(25(32)35)20-7-9-36-10-8-20/h11-15,18-20H,3-10H2,1-2H3,(H,29,33)/t18-,19+. The summed E-state index contributed by atoms with van der Waals surface area (Å²) in [5.74, 6) is 1.09. The van der Waals surface area contributed by atoms with Crippen LogP contribution >= 0.6 is 11.8 Å². The van der Waals surface area contributed by atoms with Crippen molar-refractivity contribution in [3.05, 3.63) is 56.9 Å². The normalized spacial score (nSPS) is 21.2. The maximum absolute atomic E-state index is 14.1. The van der Waals surface area contributed by atoms with Crippen LogP contribution < -0.4 is 16.6 Å². The van der Waals surface area contributed by atoms with Crippen LogP contribution in [0.2, 0.25) is 0 Å². The zero-order chi connectivity index (χ0) is 25.4. The Labute approximate surface area is 212 Å². The van der Waals surface area contributed by atoms with Gasteiger partial charge in [0.2, 0.25) is 0 Å². The Hall–Kier alpha value is -2.95. The first-order chi connectivity index (χ1) is 17.3. The number of rotatable bonds is 5. The second-order valence-electron chi connectivity index (χ2n) is 9.98. The molecular weight excluding hydrogens is 483 g/mol. The third kappa shape index (κ3) is 4.72. The van der Waals surface area contributed by atoms with Crippen molar-refractivity contribution in [2.45, 2.75) is 76.5 Å². The van der Waals surface area contributed by atoms with Crippen LogP contribution in [0.15, 0.2) is 34.2 Å². The zero-order valence-corrected chi connectivity index (χ0v) is 21.3. The number of nitrogens with zero attached hydrogens (tertiary/aromatic N) is 5. The third-order valence-electron chi connectivity index (χ3n) is 7.27. The van der Waals surface area contributed by atoms with Crippen LogP contribution in [-0.2, 0) is 0 Å². The van der Waals surface area contributed by atoms with E-state index >= 15 is 0 Å². The number of carbonyl (C=O) groups is 1. The van der Waals surface area contributed by atoms with Crippen LogP contribution in [0.3, 0.4) is 0 Å². The molecule has 11 heteroatoms. The van der Waals surface area contributed by atoms with Crippen molar-refractivity contribution < 1.29 is 9.18 Å². The number of amides is 1. The summed E-state index contributed by atoms with van der Waals surface area (Å²) in [6.07, 6.45) is 8.40. The van der Waals surface area contributed by atoms with Gasteiger partial charge in [-0.25, -0.2) is 14.2 Å². The van der Waals surface area contributed by atoms with E-state index < -0.39 is 11.4 Å². The van der Waals surface area contributed by atoms with E-state index in [-0.39, 0.29) is 46.8 Å². The molecule has 0 unspecified atom stereocenters. The molecule has 0 spiro atoms. The van der Waals surface area contributed by atoms with Crippen LogP contribution in [0.25, 0.3) is 11.0 Å². The second-order valence-corrected chi connectivity index (χ2v) is 11.2. The van der Waals surface area contributed by atoms with Crippen molar-refractivity contribution in [3.8, 4) is 0 Å². The molecule has 5 rings (SSSR count). The lowest BCUT2D eigenvalue weighted by Crippen LogP contribution is -2.46. The van der Waals surface area contributed by atoms with Crippen molar-refractivity contribution in [1.82, 2.24) is 29.2 Å². The number of halogens is 1. The molecule has 192 valence electrons. The lowest BCUT2D eigenvalue weighted by atomic mass is 9.90. The van der Waals surface area contributed by atoms with Crippen LogP contribution in [0.1, 0.15) is 80.9 Å². The molecule has 0 radical (unpaired) electrons. The molecule has 9 nitrogen and oxygen atoms in total. The fraction of sp³-hybridized carbons (Fsp3) is 0.560. The van der Waals surface area contributed by atoms with Gasteiger partial charge in [0.05, 0.1) is 23.3 Å². The summed E-state index contributed by atoms with van der Waals surface area (Å²) < 4.78 is 18.8. The smallest absolute Gasteiger partial charge is 0.333 e. The van der Waals surface area contributed by atoms with Crippen LogP contribution in [0.5, 0.6) is 0 Å². The molecule has 36 heavy (non-hydrogen) atoms. The van der Waals surface area contributed by atoms with Gasteiger partial charge in [-0.05, 0) is 69.9 Å². The zero-order valence-electron chi connectivity index (χ0n) is 20.5. The van der Waals surface area contributed by atoms with Gasteiger partial charge >= 0.3 is 5.69 Å². The van der Waals surface area contributed by atoms with Crippen molar-refractivity contribution in [2.75, 3.05) is 11.5 Å². The molecule has 0 bridgehead atoms. The van der Waals surface area contributed by atoms with Crippen LogP contribution in [-0.4, -0.2) is 47.4 Å². The summed E-state index contributed by atoms with van der Waals surface area (Å²) in [4.78, 5) is 43.9. The number of carbonyl (C=O) groups excluding carboxylic acids is 1. The number of hydrogen-bond donors (Lipinski definition) is 1. The molecule has 2 fully saturated rings. The first-order valence-electron chi connectivity index (χ1n) is 12.6. The minimum absolute atomic E-state index is 0.0518. The van der Waals surface area contributed by atoms with E-state index in [2.05, 4.69) is 15.4 Å². The fourth-order valence-corrected chi connectivity index (χ4v) is 6.37. The Morgan fingerprint density at radius 2 is 1.75 bits per heavy atom. The Balaban J connectivity index is 1.39. The average Bonchev–Trinajstić information content (AvgIpc) is 3.37. The third-order valence-corrected chi connectivity index (χ3v) is 8.32. The highest BCUT2D eigenvalue weighted by atomic mass is 32.2. The summed E-state index contributed by atoms with van der Waals surface area (Å²) in [5.41, 5.74) is -0.0730. The maximum Gasteiger partial charge on any atom is 0.333 e. The summed E-state index contributed by atoms with van der Waals surface area (Å²) in [5, 5.41) is 7.43. The first kappa shape index (κ1) is 24.7. The lowest BCUT2D eigenvalue weighted by molar-refractivity contribution is 0.0921. The molecule has 0 aromatic carbocycles. The van der Waals surface area contributed by atoms with Gasteiger partial charge < -0.3 is 5.32 Å². The highest BCUT2D eigenvalue weighted by Crippen LogP contribution is 2.30. The van der Waals surface area contributed by atoms with Crippen molar-refractivity contribution >= 4 is 28.7 Å². The van der Waals surface area contributed by atoms with Gasteiger partial charge in [-0.1, -0.05) is 0 Å². The van der Waals surface area contributed by atoms with E-state index in [0.29, 0.717) is 31.2 Å². The molecule has 3 aromatic heterocycles. The summed E-state index contributed by atoms with van der Waals surface area (Å²) in [6, 6.07) is 0.941. The number of thioether (sulfide) groups is 1. The largest absolute Gasteiger partial charge is 0.349 e. The second kappa shape index (κ2) is 10.2. The van der Waals surface area contributed by atoms with E-state index in [1.807, 2.05) is 25.6 Å². The molecule has 1 aliphatic heterocycles. The van der Waals surface area contributed by atoms with Gasteiger partial charge in [-0.15, -0.1) is 0 Å². The summed E-state index contributed by atoms with van der Waals surface area (Å²) in [6.45, 7) is 3.99. The van der Waals surface area contributed by atoms with Gasteiger partial charge in [0, 0.05) is 30.4 Å². The molecule has 2 aliphatic rings. The molecule has 1 saturated carbocycles. The summed E-state index contributed by atoms with van der Waals surface area (Å²) >= 11 is 1.84. The molecule has 4 heterocycles. The fourth-order valence-electron chi connectivity index (χ4n) is 5.28. The van der Waals surface area contributed by atoms with Crippen molar-refractivity contribution in [2.24, 2.45) is 0 Å².